The van der Waals surface area contributed by atoms with E-state index in [4.69, 9.17) is 9.84 Å². The van der Waals surface area contributed by atoms with Gasteiger partial charge in [-0.1, -0.05) is 30.3 Å². The van der Waals surface area contributed by atoms with E-state index in [0.717, 1.165) is 28.2 Å². The molecule has 0 saturated carbocycles. The summed E-state index contributed by atoms with van der Waals surface area (Å²) in [5.41, 5.74) is 2.68. The molecule has 2 aromatic carbocycles. The van der Waals surface area contributed by atoms with Gasteiger partial charge in [0.15, 0.2) is 0 Å². The van der Waals surface area contributed by atoms with Gasteiger partial charge in [-0.3, -0.25) is 4.79 Å². The number of ether oxygens (including phenoxy) is 1. The number of carboxylic acid groups (broad SMARTS) is 1. The highest BCUT2D eigenvalue weighted by molar-refractivity contribution is 5.70. The lowest BCUT2D eigenvalue weighted by molar-refractivity contribution is -0.136. The number of hydrogen-bond acceptors (Lipinski definition) is 2. The molecule has 0 aliphatic heterocycles. The van der Waals surface area contributed by atoms with Crippen LogP contribution in [0.3, 0.4) is 0 Å². The zero-order valence-corrected chi connectivity index (χ0v) is 11.0. The predicted molar refractivity (Wildman–Crippen MR) is 73.8 cm³/mol. The van der Waals surface area contributed by atoms with Gasteiger partial charge in [0, 0.05) is 0 Å². The second-order valence-corrected chi connectivity index (χ2v) is 4.54. The van der Waals surface area contributed by atoms with Crippen LogP contribution in [0.5, 0.6) is 11.5 Å². The summed E-state index contributed by atoms with van der Waals surface area (Å²) in [4.78, 5) is 10.7. The lowest BCUT2D eigenvalue weighted by atomic mass is 10.0. The van der Waals surface area contributed by atoms with Gasteiger partial charge < -0.3 is 9.84 Å². The first kappa shape index (κ1) is 13.1. The number of rotatable bonds is 4. The molecule has 98 valence electrons. The Morgan fingerprint density at radius 2 is 1.68 bits per heavy atom. The standard InChI is InChI=1S/C16H16O3/c1-11-8-13(10-15(17)18)9-12(2)16(11)19-14-6-4-3-5-7-14/h3-9H,10H2,1-2H3,(H,17,18). The largest absolute Gasteiger partial charge is 0.481 e. The van der Waals surface area contributed by atoms with E-state index in [-0.39, 0.29) is 6.42 Å². The topological polar surface area (TPSA) is 46.5 Å². The maximum atomic E-state index is 10.7. The van der Waals surface area contributed by atoms with E-state index in [1.165, 1.54) is 0 Å². The van der Waals surface area contributed by atoms with E-state index >= 15 is 0 Å². The third kappa shape index (κ3) is 3.35. The van der Waals surface area contributed by atoms with Crippen LogP contribution in [0.2, 0.25) is 0 Å². The summed E-state index contributed by atoms with van der Waals surface area (Å²) in [7, 11) is 0. The minimum absolute atomic E-state index is 0.0350. The summed E-state index contributed by atoms with van der Waals surface area (Å²) in [6.07, 6.45) is 0.0350. The summed E-state index contributed by atoms with van der Waals surface area (Å²) in [6.45, 7) is 3.85. The lowest BCUT2D eigenvalue weighted by Crippen LogP contribution is -2.01. The van der Waals surface area contributed by atoms with Gasteiger partial charge >= 0.3 is 5.97 Å². The maximum Gasteiger partial charge on any atom is 0.307 e. The van der Waals surface area contributed by atoms with Crippen molar-refractivity contribution in [3.05, 3.63) is 59.2 Å². The molecular weight excluding hydrogens is 240 g/mol. The lowest BCUT2D eigenvalue weighted by Gasteiger charge is -2.13. The number of aryl methyl sites for hydroxylation is 2. The monoisotopic (exact) mass is 256 g/mol. The fourth-order valence-corrected chi connectivity index (χ4v) is 2.08. The van der Waals surface area contributed by atoms with E-state index in [1.807, 2.05) is 56.3 Å². The molecule has 1 N–H and O–H groups in total. The maximum absolute atomic E-state index is 10.7. The molecule has 3 nitrogen and oxygen atoms in total. The van der Waals surface area contributed by atoms with Gasteiger partial charge in [-0.05, 0) is 42.7 Å². The summed E-state index contributed by atoms with van der Waals surface area (Å²) >= 11 is 0. The number of aliphatic carboxylic acids is 1. The minimum Gasteiger partial charge on any atom is -0.481 e. The Morgan fingerprint density at radius 1 is 1.11 bits per heavy atom. The van der Waals surface area contributed by atoms with Crippen LogP contribution in [0.1, 0.15) is 16.7 Å². The normalized spacial score (nSPS) is 10.2. The third-order valence-corrected chi connectivity index (χ3v) is 2.84. The van der Waals surface area contributed by atoms with Gasteiger partial charge in [0.05, 0.1) is 6.42 Å². The molecule has 0 aliphatic rings. The Hall–Kier alpha value is -2.29. The van der Waals surface area contributed by atoms with Gasteiger partial charge in [0.1, 0.15) is 11.5 Å². The summed E-state index contributed by atoms with van der Waals surface area (Å²) in [5, 5.41) is 8.82. The van der Waals surface area contributed by atoms with E-state index < -0.39 is 5.97 Å². The highest BCUT2D eigenvalue weighted by atomic mass is 16.5. The SMILES string of the molecule is Cc1cc(CC(=O)O)cc(C)c1Oc1ccccc1. The van der Waals surface area contributed by atoms with Crippen LogP contribution in [0.25, 0.3) is 0 Å². The van der Waals surface area contributed by atoms with Crippen molar-refractivity contribution in [2.45, 2.75) is 20.3 Å². The highest BCUT2D eigenvalue weighted by Gasteiger charge is 2.09. The Labute approximate surface area is 112 Å². The molecule has 0 amide bonds. The Morgan fingerprint density at radius 3 is 2.21 bits per heavy atom. The summed E-state index contributed by atoms with van der Waals surface area (Å²) < 4.78 is 5.85. The zero-order valence-electron chi connectivity index (χ0n) is 11.0. The molecule has 0 unspecified atom stereocenters. The Kier molecular flexibility index (Phi) is 3.85. The van der Waals surface area contributed by atoms with Crippen LogP contribution >= 0.6 is 0 Å². The van der Waals surface area contributed by atoms with Gasteiger partial charge in [-0.2, -0.15) is 0 Å². The van der Waals surface area contributed by atoms with Crippen LogP contribution in [0.15, 0.2) is 42.5 Å². The second kappa shape index (κ2) is 5.57. The Bertz CT molecular complexity index is 565. The molecule has 2 aromatic rings. The number of carbonyl (C=O) groups is 1. The first-order valence-corrected chi connectivity index (χ1v) is 6.11. The van der Waals surface area contributed by atoms with Gasteiger partial charge in [-0.25, -0.2) is 0 Å². The zero-order chi connectivity index (χ0) is 13.8. The van der Waals surface area contributed by atoms with Crippen molar-refractivity contribution in [3.8, 4) is 11.5 Å². The molecule has 0 aliphatic carbocycles. The number of hydrogen-bond donors (Lipinski definition) is 1. The fourth-order valence-electron chi connectivity index (χ4n) is 2.08. The highest BCUT2D eigenvalue weighted by Crippen LogP contribution is 2.29. The fraction of sp³-hybridized carbons (Fsp3) is 0.188. The molecule has 0 saturated heterocycles. The first-order chi connectivity index (χ1) is 9.06. The van der Waals surface area contributed by atoms with Crippen molar-refractivity contribution in [2.75, 3.05) is 0 Å². The molecule has 0 spiro atoms. The van der Waals surface area contributed by atoms with Crippen LogP contribution in [-0.4, -0.2) is 11.1 Å². The van der Waals surface area contributed by atoms with E-state index in [0.29, 0.717) is 0 Å². The van der Waals surface area contributed by atoms with E-state index in [9.17, 15) is 4.79 Å². The van der Waals surface area contributed by atoms with Crippen LogP contribution in [0.4, 0.5) is 0 Å². The van der Waals surface area contributed by atoms with Crippen LogP contribution in [0, 0.1) is 13.8 Å². The number of benzene rings is 2. The second-order valence-electron chi connectivity index (χ2n) is 4.54. The summed E-state index contributed by atoms with van der Waals surface area (Å²) in [6, 6.07) is 13.3. The molecule has 3 heteroatoms. The number of para-hydroxylation sites is 1. The quantitative estimate of drug-likeness (QED) is 0.906. The van der Waals surface area contributed by atoms with Crippen LogP contribution < -0.4 is 4.74 Å². The van der Waals surface area contributed by atoms with E-state index in [2.05, 4.69) is 0 Å². The average molecular weight is 256 g/mol. The van der Waals surface area contributed by atoms with E-state index in [1.54, 1.807) is 0 Å². The van der Waals surface area contributed by atoms with Crippen molar-refractivity contribution < 1.29 is 14.6 Å². The van der Waals surface area contributed by atoms with Crippen molar-refractivity contribution in [3.63, 3.8) is 0 Å². The summed E-state index contributed by atoms with van der Waals surface area (Å²) in [5.74, 6) is 0.746. The van der Waals surface area contributed by atoms with Gasteiger partial charge in [-0.15, -0.1) is 0 Å². The first-order valence-electron chi connectivity index (χ1n) is 6.11. The minimum atomic E-state index is -0.824. The van der Waals surface area contributed by atoms with Crippen molar-refractivity contribution in [1.82, 2.24) is 0 Å². The smallest absolute Gasteiger partial charge is 0.307 e. The molecule has 2 rings (SSSR count). The molecule has 0 heterocycles. The number of carboxylic acids is 1. The predicted octanol–water partition coefficient (Wildman–Crippen LogP) is 3.72. The van der Waals surface area contributed by atoms with Crippen LogP contribution in [-0.2, 0) is 11.2 Å². The molecule has 19 heavy (non-hydrogen) atoms. The molecule has 0 aromatic heterocycles. The molecule has 0 atom stereocenters. The van der Waals surface area contributed by atoms with Crippen molar-refractivity contribution in [1.29, 1.82) is 0 Å². The van der Waals surface area contributed by atoms with Crippen molar-refractivity contribution >= 4 is 5.97 Å². The van der Waals surface area contributed by atoms with Crippen molar-refractivity contribution in [2.24, 2.45) is 0 Å². The third-order valence-electron chi connectivity index (χ3n) is 2.84. The van der Waals surface area contributed by atoms with Gasteiger partial charge in [0.25, 0.3) is 0 Å². The average Bonchev–Trinajstić information content (AvgIpc) is 2.34. The molecule has 0 bridgehead atoms. The molecular formula is C16H16O3. The molecule has 0 fully saturated rings. The molecule has 0 radical (unpaired) electrons. The Balaban J connectivity index is 2.29. The van der Waals surface area contributed by atoms with Gasteiger partial charge in [0.2, 0.25) is 0 Å².